The second-order valence-electron chi connectivity index (χ2n) is 6.36. The largest absolute Gasteiger partial charge is 0.486 e. The number of nitrogens with two attached hydrogens (primary N) is 1. The van der Waals surface area contributed by atoms with Crippen LogP contribution in [-0.2, 0) is 5.41 Å². The minimum atomic E-state index is -0.284. The van der Waals surface area contributed by atoms with E-state index in [4.69, 9.17) is 10.5 Å². The lowest BCUT2D eigenvalue weighted by Gasteiger charge is -2.32. The lowest BCUT2D eigenvalue weighted by atomic mass is 9.85. The van der Waals surface area contributed by atoms with E-state index in [0.29, 0.717) is 6.54 Å². The van der Waals surface area contributed by atoms with Gasteiger partial charge in [-0.3, -0.25) is 0 Å². The van der Waals surface area contributed by atoms with Crippen LogP contribution in [0, 0.1) is 6.92 Å². The summed E-state index contributed by atoms with van der Waals surface area (Å²) in [6, 6.07) is 6.42. The Bertz CT molecular complexity index is 400. The molecule has 0 radical (unpaired) electrons. The van der Waals surface area contributed by atoms with Crippen molar-refractivity contribution in [2.75, 3.05) is 6.54 Å². The Morgan fingerprint density at radius 2 is 1.78 bits per heavy atom. The first kappa shape index (κ1) is 15.0. The summed E-state index contributed by atoms with van der Waals surface area (Å²) in [7, 11) is 0. The van der Waals surface area contributed by atoms with Gasteiger partial charge in [-0.15, -0.1) is 0 Å². The molecule has 1 atom stereocenters. The third-order valence-electron chi connectivity index (χ3n) is 3.48. The maximum absolute atomic E-state index is 6.21. The molecule has 102 valence electrons. The molecule has 0 spiro atoms. The SMILES string of the molecule is CCC(C)(CN)Oc1cc(C)ccc1C(C)(C)C. The molecule has 1 rings (SSSR count). The van der Waals surface area contributed by atoms with E-state index in [1.54, 1.807) is 0 Å². The highest BCUT2D eigenvalue weighted by atomic mass is 16.5. The zero-order chi connectivity index (χ0) is 14.0. The molecule has 0 aliphatic rings. The molecule has 0 aliphatic carbocycles. The summed E-state index contributed by atoms with van der Waals surface area (Å²) in [5, 5.41) is 0. The smallest absolute Gasteiger partial charge is 0.124 e. The summed E-state index contributed by atoms with van der Waals surface area (Å²) >= 11 is 0. The molecule has 0 aromatic heterocycles. The van der Waals surface area contributed by atoms with Crippen molar-refractivity contribution >= 4 is 0 Å². The van der Waals surface area contributed by atoms with E-state index in [-0.39, 0.29) is 11.0 Å². The fourth-order valence-corrected chi connectivity index (χ4v) is 1.86. The lowest BCUT2D eigenvalue weighted by Crippen LogP contribution is -2.40. The fourth-order valence-electron chi connectivity index (χ4n) is 1.86. The predicted molar refractivity (Wildman–Crippen MR) is 78.3 cm³/mol. The van der Waals surface area contributed by atoms with Crippen LogP contribution in [0.5, 0.6) is 5.75 Å². The van der Waals surface area contributed by atoms with E-state index in [9.17, 15) is 0 Å². The van der Waals surface area contributed by atoms with Crippen LogP contribution in [0.15, 0.2) is 18.2 Å². The minimum Gasteiger partial charge on any atom is -0.486 e. The molecule has 2 nitrogen and oxygen atoms in total. The number of benzene rings is 1. The quantitative estimate of drug-likeness (QED) is 0.881. The van der Waals surface area contributed by atoms with E-state index < -0.39 is 0 Å². The second kappa shape index (κ2) is 5.31. The van der Waals surface area contributed by atoms with Gasteiger partial charge < -0.3 is 10.5 Å². The summed E-state index contributed by atoms with van der Waals surface area (Å²) in [6.07, 6.45) is 0.904. The van der Waals surface area contributed by atoms with Crippen molar-refractivity contribution in [3.8, 4) is 5.75 Å². The van der Waals surface area contributed by atoms with Gasteiger partial charge in [0.1, 0.15) is 11.4 Å². The molecule has 0 bridgehead atoms. The molecule has 1 unspecified atom stereocenters. The molecule has 0 fully saturated rings. The maximum atomic E-state index is 6.21. The molecular formula is C16H27NO. The van der Waals surface area contributed by atoms with Crippen LogP contribution in [0.25, 0.3) is 0 Å². The van der Waals surface area contributed by atoms with E-state index in [1.807, 2.05) is 0 Å². The van der Waals surface area contributed by atoms with Gasteiger partial charge in [0.25, 0.3) is 0 Å². The predicted octanol–water partition coefficient (Wildman–Crippen LogP) is 3.80. The van der Waals surface area contributed by atoms with Crippen molar-refractivity contribution in [2.24, 2.45) is 5.73 Å². The first-order valence-electron chi connectivity index (χ1n) is 6.72. The topological polar surface area (TPSA) is 35.2 Å². The summed E-state index contributed by atoms with van der Waals surface area (Å²) < 4.78 is 6.21. The Labute approximate surface area is 112 Å². The zero-order valence-corrected chi connectivity index (χ0v) is 12.6. The van der Waals surface area contributed by atoms with E-state index in [2.05, 4.69) is 59.7 Å². The number of aryl methyl sites for hydroxylation is 1. The molecular weight excluding hydrogens is 222 g/mol. The van der Waals surface area contributed by atoms with Crippen molar-refractivity contribution in [1.29, 1.82) is 0 Å². The summed E-state index contributed by atoms with van der Waals surface area (Å²) in [5.41, 5.74) is 8.08. The van der Waals surface area contributed by atoms with Gasteiger partial charge >= 0.3 is 0 Å². The lowest BCUT2D eigenvalue weighted by molar-refractivity contribution is 0.0910. The molecule has 0 saturated heterocycles. The average Bonchev–Trinajstić information content (AvgIpc) is 2.27. The first-order valence-corrected chi connectivity index (χ1v) is 6.72. The van der Waals surface area contributed by atoms with Crippen LogP contribution in [0.2, 0.25) is 0 Å². The van der Waals surface area contributed by atoms with E-state index >= 15 is 0 Å². The number of hydrogen-bond acceptors (Lipinski definition) is 2. The Balaban J connectivity index is 3.18. The molecule has 0 amide bonds. The Kier molecular flexibility index (Phi) is 4.44. The normalized spacial score (nSPS) is 15.3. The molecule has 1 aromatic rings. The van der Waals surface area contributed by atoms with Gasteiger partial charge in [0.05, 0.1) is 0 Å². The molecule has 0 saturated carbocycles. The summed E-state index contributed by atoms with van der Waals surface area (Å²) in [5.74, 6) is 0.970. The van der Waals surface area contributed by atoms with Crippen molar-refractivity contribution in [2.45, 2.75) is 59.0 Å². The third-order valence-corrected chi connectivity index (χ3v) is 3.48. The average molecular weight is 249 g/mol. The summed E-state index contributed by atoms with van der Waals surface area (Å²) in [6.45, 7) is 13.4. The Morgan fingerprint density at radius 1 is 1.17 bits per heavy atom. The van der Waals surface area contributed by atoms with Crippen molar-refractivity contribution < 1.29 is 4.74 Å². The monoisotopic (exact) mass is 249 g/mol. The van der Waals surface area contributed by atoms with Crippen molar-refractivity contribution in [1.82, 2.24) is 0 Å². The Morgan fingerprint density at radius 3 is 2.22 bits per heavy atom. The van der Waals surface area contributed by atoms with Crippen molar-refractivity contribution in [3.63, 3.8) is 0 Å². The second-order valence-corrected chi connectivity index (χ2v) is 6.36. The van der Waals surface area contributed by atoms with E-state index in [1.165, 1.54) is 11.1 Å². The van der Waals surface area contributed by atoms with Crippen LogP contribution in [0.4, 0.5) is 0 Å². The van der Waals surface area contributed by atoms with Crippen LogP contribution in [0.1, 0.15) is 52.2 Å². The van der Waals surface area contributed by atoms with Crippen LogP contribution < -0.4 is 10.5 Å². The Hall–Kier alpha value is -1.02. The maximum Gasteiger partial charge on any atom is 0.124 e. The van der Waals surface area contributed by atoms with Crippen LogP contribution in [0.3, 0.4) is 0 Å². The molecule has 2 heteroatoms. The van der Waals surface area contributed by atoms with Gasteiger partial charge in [-0.2, -0.15) is 0 Å². The minimum absolute atomic E-state index is 0.0757. The van der Waals surface area contributed by atoms with Gasteiger partial charge in [-0.25, -0.2) is 0 Å². The molecule has 0 heterocycles. The zero-order valence-electron chi connectivity index (χ0n) is 12.6. The number of ether oxygens (including phenoxy) is 1. The highest BCUT2D eigenvalue weighted by molar-refractivity contribution is 5.41. The van der Waals surface area contributed by atoms with Crippen molar-refractivity contribution in [3.05, 3.63) is 29.3 Å². The van der Waals surface area contributed by atoms with Gasteiger partial charge in [0.15, 0.2) is 0 Å². The fraction of sp³-hybridized carbons (Fsp3) is 0.625. The third kappa shape index (κ3) is 3.49. The molecule has 0 aliphatic heterocycles. The van der Waals surface area contributed by atoms with Gasteiger partial charge in [-0.1, -0.05) is 39.8 Å². The van der Waals surface area contributed by atoms with Gasteiger partial charge in [0.2, 0.25) is 0 Å². The van der Waals surface area contributed by atoms with Crippen LogP contribution >= 0.6 is 0 Å². The number of hydrogen-bond donors (Lipinski definition) is 1. The molecule has 1 aromatic carbocycles. The number of rotatable bonds is 4. The van der Waals surface area contributed by atoms with E-state index in [0.717, 1.165) is 12.2 Å². The summed E-state index contributed by atoms with van der Waals surface area (Å²) in [4.78, 5) is 0. The standard InChI is InChI=1S/C16H27NO/c1-7-16(6,11-17)18-14-10-12(2)8-9-13(14)15(3,4)5/h8-10H,7,11,17H2,1-6H3. The van der Waals surface area contributed by atoms with Gasteiger partial charge in [-0.05, 0) is 42.9 Å². The van der Waals surface area contributed by atoms with Crippen LogP contribution in [-0.4, -0.2) is 12.1 Å². The van der Waals surface area contributed by atoms with Gasteiger partial charge in [0, 0.05) is 6.54 Å². The first-order chi connectivity index (χ1) is 8.22. The highest BCUT2D eigenvalue weighted by Crippen LogP contribution is 2.34. The highest BCUT2D eigenvalue weighted by Gasteiger charge is 2.26. The molecule has 18 heavy (non-hydrogen) atoms. The molecule has 2 N–H and O–H groups in total.